The minimum atomic E-state index is -0.700. The van der Waals surface area contributed by atoms with E-state index in [9.17, 15) is 14.4 Å². The van der Waals surface area contributed by atoms with Crippen LogP contribution in [-0.2, 0) is 25.5 Å². The molecule has 0 bridgehead atoms. The molecule has 0 saturated carbocycles. The van der Waals surface area contributed by atoms with Crippen LogP contribution < -0.4 is 5.32 Å². The maximum atomic E-state index is 12.7. The summed E-state index contributed by atoms with van der Waals surface area (Å²) < 4.78 is 5.05. The highest BCUT2D eigenvalue weighted by molar-refractivity contribution is 5.91. The van der Waals surface area contributed by atoms with Crippen LogP contribution in [0.1, 0.15) is 39.2 Å². The first-order valence-electron chi connectivity index (χ1n) is 9.24. The molecule has 2 amide bonds. The number of rotatable bonds is 7. The van der Waals surface area contributed by atoms with Crippen LogP contribution in [0, 0.1) is 5.92 Å². The van der Waals surface area contributed by atoms with Crippen molar-refractivity contribution in [2.75, 3.05) is 13.2 Å². The number of likely N-dealkylation sites (tertiary alicyclic amines) is 1. The van der Waals surface area contributed by atoms with E-state index >= 15 is 0 Å². The van der Waals surface area contributed by atoms with Gasteiger partial charge in [0.05, 0.1) is 13.0 Å². The van der Waals surface area contributed by atoms with Crippen LogP contribution in [0.2, 0.25) is 0 Å². The van der Waals surface area contributed by atoms with E-state index in [1.54, 1.807) is 11.8 Å². The van der Waals surface area contributed by atoms with Crippen molar-refractivity contribution in [3.8, 4) is 0 Å². The quantitative estimate of drug-likeness (QED) is 0.754. The maximum Gasteiger partial charge on any atom is 0.328 e. The highest BCUT2D eigenvalue weighted by Gasteiger charge is 2.36. The summed E-state index contributed by atoms with van der Waals surface area (Å²) in [7, 11) is 0. The van der Waals surface area contributed by atoms with Crippen LogP contribution in [0.3, 0.4) is 0 Å². The predicted octanol–water partition coefficient (Wildman–Crippen LogP) is 1.92. The number of nitrogens with zero attached hydrogens (tertiary/aromatic N) is 1. The number of esters is 1. The van der Waals surface area contributed by atoms with Gasteiger partial charge in [-0.1, -0.05) is 44.2 Å². The molecule has 1 aromatic rings. The molecule has 1 aliphatic rings. The van der Waals surface area contributed by atoms with Gasteiger partial charge in [0, 0.05) is 6.54 Å². The fraction of sp³-hybridized carbons (Fsp3) is 0.550. The zero-order valence-corrected chi connectivity index (χ0v) is 15.7. The van der Waals surface area contributed by atoms with Gasteiger partial charge in [-0.2, -0.15) is 0 Å². The summed E-state index contributed by atoms with van der Waals surface area (Å²) in [4.78, 5) is 39.1. The van der Waals surface area contributed by atoms with Crippen LogP contribution in [-0.4, -0.2) is 47.9 Å². The van der Waals surface area contributed by atoms with Crippen molar-refractivity contribution in [2.45, 2.75) is 52.1 Å². The van der Waals surface area contributed by atoms with E-state index in [0.29, 0.717) is 13.0 Å². The molecule has 1 heterocycles. The molecule has 1 saturated heterocycles. The Bertz CT molecular complexity index is 630. The Balaban J connectivity index is 2.02. The van der Waals surface area contributed by atoms with Crippen molar-refractivity contribution in [1.29, 1.82) is 0 Å². The fourth-order valence-corrected chi connectivity index (χ4v) is 3.19. The Morgan fingerprint density at radius 2 is 1.92 bits per heavy atom. The minimum Gasteiger partial charge on any atom is -0.464 e. The van der Waals surface area contributed by atoms with Gasteiger partial charge >= 0.3 is 5.97 Å². The molecule has 26 heavy (non-hydrogen) atoms. The first-order valence-corrected chi connectivity index (χ1v) is 9.24. The monoisotopic (exact) mass is 360 g/mol. The SMILES string of the molecule is CCOC(=O)C(NC(=O)C1CCCN1C(=O)Cc1ccccc1)C(C)C. The summed E-state index contributed by atoms with van der Waals surface area (Å²) in [6, 6.07) is 8.27. The van der Waals surface area contributed by atoms with Gasteiger partial charge in [0.15, 0.2) is 0 Å². The fourth-order valence-electron chi connectivity index (χ4n) is 3.19. The topological polar surface area (TPSA) is 75.7 Å². The van der Waals surface area contributed by atoms with Crippen LogP contribution in [0.4, 0.5) is 0 Å². The number of nitrogens with one attached hydrogen (secondary N) is 1. The van der Waals surface area contributed by atoms with Crippen LogP contribution in [0.15, 0.2) is 30.3 Å². The Morgan fingerprint density at radius 3 is 2.54 bits per heavy atom. The van der Waals surface area contributed by atoms with Crippen molar-refractivity contribution in [2.24, 2.45) is 5.92 Å². The Labute approximate surface area is 154 Å². The third-order valence-corrected chi connectivity index (χ3v) is 4.58. The van der Waals surface area contributed by atoms with E-state index in [-0.39, 0.29) is 30.8 Å². The zero-order chi connectivity index (χ0) is 19.1. The molecular weight excluding hydrogens is 332 g/mol. The molecule has 2 unspecified atom stereocenters. The molecule has 0 spiro atoms. The lowest BCUT2D eigenvalue weighted by Crippen LogP contribution is -2.53. The number of benzene rings is 1. The second kappa shape index (κ2) is 9.36. The van der Waals surface area contributed by atoms with Gasteiger partial charge in [-0.3, -0.25) is 9.59 Å². The molecule has 0 radical (unpaired) electrons. The summed E-state index contributed by atoms with van der Waals surface area (Å²) in [6.07, 6.45) is 1.67. The second-order valence-electron chi connectivity index (χ2n) is 6.89. The lowest BCUT2D eigenvalue weighted by molar-refractivity contribution is -0.149. The molecule has 1 N–H and O–H groups in total. The smallest absolute Gasteiger partial charge is 0.328 e. The molecule has 142 valence electrons. The third kappa shape index (κ3) is 5.07. The summed E-state index contributed by atoms with van der Waals surface area (Å²) in [5.74, 6) is -0.870. The Kier molecular flexibility index (Phi) is 7.18. The summed E-state index contributed by atoms with van der Waals surface area (Å²) in [6.45, 7) is 6.28. The number of hydrogen-bond acceptors (Lipinski definition) is 4. The Hall–Kier alpha value is -2.37. The molecule has 6 nitrogen and oxygen atoms in total. The van der Waals surface area contributed by atoms with Gasteiger partial charge in [0.25, 0.3) is 0 Å². The number of carbonyl (C=O) groups is 3. The van der Waals surface area contributed by atoms with Crippen LogP contribution >= 0.6 is 0 Å². The molecule has 1 aliphatic heterocycles. The lowest BCUT2D eigenvalue weighted by atomic mass is 10.0. The summed E-state index contributed by atoms with van der Waals surface area (Å²) >= 11 is 0. The van der Waals surface area contributed by atoms with Crippen molar-refractivity contribution in [3.63, 3.8) is 0 Å². The van der Waals surface area contributed by atoms with E-state index in [0.717, 1.165) is 12.0 Å². The standard InChI is InChI=1S/C20H28N2O4/c1-4-26-20(25)18(14(2)3)21-19(24)16-11-8-12-22(16)17(23)13-15-9-6-5-7-10-15/h5-7,9-10,14,16,18H,4,8,11-13H2,1-3H3,(H,21,24). The molecule has 1 aromatic carbocycles. The van der Waals surface area contributed by atoms with E-state index in [2.05, 4.69) is 5.32 Å². The molecule has 0 aromatic heterocycles. The van der Waals surface area contributed by atoms with Gasteiger partial charge in [-0.05, 0) is 31.2 Å². The van der Waals surface area contributed by atoms with E-state index < -0.39 is 18.1 Å². The van der Waals surface area contributed by atoms with Gasteiger partial charge in [-0.25, -0.2) is 4.79 Å². The number of ether oxygens (including phenoxy) is 1. The van der Waals surface area contributed by atoms with Crippen molar-refractivity contribution < 1.29 is 19.1 Å². The lowest BCUT2D eigenvalue weighted by Gasteiger charge is -2.27. The van der Waals surface area contributed by atoms with E-state index in [4.69, 9.17) is 4.74 Å². The van der Waals surface area contributed by atoms with E-state index in [1.807, 2.05) is 44.2 Å². The number of carbonyl (C=O) groups excluding carboxylic acids is 3. The van der Waals surface area contributed by atoms with Gasteiger partial charge < -0.3 is 15.0 Å². The van der Waals surface area contributed by atoms with Crippen molar-refractivity contribution in [3.05, 3.63) is 35.9 Å². The van der Waals surface area contributed by atoms with Crippen molar-refractivity contribution in [1.82, 2.24) is 10.2 Å². The van der Waals surface area contributed by atoms with Gasteiger partial charge in [0.1, 0.15) is 12.1 Å². The number of amides is 2. The highest BCUT2D eigenvalue weighted by Crippen LogP contribution is 2.20. The van der Waals surface area contributed by atoms with E-state index in [1.165, 1.54) is 0 Å². The molecule has 0 aliphatic carbocycles. The summed E-state index contributed by atoms with van der Waals surface area (Å²) in [5, 5.41) is 2.78. The predicted molar refractivity (Wildman–Crippen MR) is 98.3 cm³/mol. The van der Waals surface area contributed by atoms with Crippen LogP contribution in [0.25, 0.3) is 0 Å². The second-order valence-corrected chi connectivity index (χ2v) is 6.89. The highest BCUT2D eigenvalue weighted by atomic mass is 16.5. The maximum absolute atomic E-state index is 12.7. The minimum absolute atomic E-state index is 0.0638. The normalized spacial score (nSPS) is 17.8. The first kappa shape index (κ1) is 19.9. The largest absolute Gasteiger partial charge is 0.464 e. The average Bonchev–Trinajstić information content (AvgIpc) is 3.10. The molecule has 1 fully saturated rings. The Morgan fingerprint density at radius 1 is 1.23 bits per heavy atom. The molecule has 2 rings (SSSR count). The van der Waals surface area contributed by atoms with Gasteiger partial charge in [0.2, 0.25) is 11.8 Å². The number of hydrogen-bond donors (Lipinski definition) is 1. The first-order chi connectivity index (χ1) is 12.4. The molecular formula is C20H28N2O4. The molecule has 6 heteroatoms. The molecule has 2 atom stereocenters. The van der Waals surface area contributed by atoms with Crippen molar-refractivity contribution >= 4 is 17.8 Å². The van der Waals surface area contributed by atoms with Gasteiger partial charge in [-0.15, -0.1) is 0 Å². The average molecular weight is 360 g/mol. The summed E-state index contributed by atoms with van der Waals surface area (Å²) in [5.41, 5.74) is 0.926. The van der Waals surface area contributed by atoms with Crippen LogP contribution in [0.5, 0.6) is 0 Å². The zero-order valence-electron chi connectivity index (χ0n) is 15.7. The third-order valence-electron chi connectivity index (χ3n) is 4.58.